The van der Waals surface area contributed by atoms with E-state index < -0.39 is 17.7 Å². The molecular formula is C24H15F3N2O3. The molecule has 160 valence electrons. The van der Waals surface area contributed by atoms with E-state index in [9.17, 15) is 22.8 Å². The molecule has 0 radical (unpaired) electrons. The van der Waals surface area contributed by atoms with Crippen molar-refractivity contribution in [2.24, 2.45) is 0 Å². The summed E-state index contributed by atoms with van der Waals surface area (Å²) in [5.41, 5.74) is 1.32. The number of pyridine rings is 2. The van der Waals surface area contributed by atoms with Gasteiger partial charge < -0.3 is 5.11 Å². The van der Waals surface area contributed by atoms with Crippen molar-refractivity contribution in [1.82, 2.24) is 9.97 Å². The number of hydrogen-bond acceptors (Lipinski definition) is 4. The minimum atomic E-state index is -4.51. The average Bonchev–Trinajstić information content (AvgIpc) is 2.77. The Morgan fingerprint density at radius 2 is 1.50 bits per heavy atom. The molecule has 4 rings (SSSR count). The molecule has 2 heterocycles. The van der Waals surface area contributed by atoms with Gasteiger partial charge in [0.2, 0.25) is 0 Å². The predicted octanol–water partition coefficient (Wildman–Crippen LogP) is 5.48. The van der Waals surface area contributed by atoms with Crippen LogP contribution in [-0.4, -0.2) is 26.8 Å². The molecule has 0 spiro atoms. The van der Waals surface area contributed by atoms with E-state index >= 15 is 0 Å². The fourth-order valence-electron chi connectivity index (χ4n) is 3.26. The lowest BCUT2D eigenvalue weighted by atomic mass is 10.0. The van der Waals surface area contributed by atoms with Crippen LogP contribution in [0.3, 0.4) is 0 Å². The van der Waals surface area contributed by atoms with Gasteiger partial charge in [0, 0.05) is 28.7 Å². The van der Waals surface area contributed by atoms with E-state index in [4.69, 9.17) is 5.11 Å². The van der Waals surface area contributed by atoms with Crippen molar-refractivity contribution in [2.75, 3.05) is 0 Å². The number of hydrogen-bond donors (Lipinski definition) is 1. The third kappa shape index (κ3) is 4.49. The van der Waals surface area contributed by atoms with Crippen molar-refractivity contribution in [2.45, 2.75) is 12.6 Å². The Kier molecular flexibility index (Phi) is 5.44. The minimum absolute atomic E-state index is 0.154. The summed E-state index contributed by atoms with van der Waals surface area (Å²) in [6.45, 7) is 0. The topological polar surface area (TPSA) is 80.1 Å². The summed E-state index contributed by atoms with van der Waals surface area (Å²) in [4.78, 5) is 31.7. The number of ketones is 1. The van der Waals surface area contributed by atoms with Crippen LogP contribution < -0.4 is 0 Å². The molecule has 0 bridgehead atoms. The second kappa shape index (κ2) is 8.22. The number of fused-ring (bicyclic) bond motifs is 2. The monoisotopic (exact) mass is 436 g/mol. The summed E-state index contributed by atoms with van der Waals surface area (Å²) in [7, 11) is 0. The third-order valence-electron chi connectivity index (χ3n) is 4.90. The van der Waals surface area contributed by atoms with Crippen LogP contribution in [0.1, 0.15) is 31.8 Å². The maximum absolute atomic E-state index is 12.9. The van der Waals surface area contributed by atoms with Crippen molar-refractivity contribution in [3.8, 4) is 0 Å². The highest BCUT2D eigenvalue weighted by Gasteiger charge is 2.31. The van der Waals surface area contributed by atoms with E-state index in [0.29, 0.717) is 22.8 Å². The molecule has 4 aromatic rings. The zero-order chi connectivity index (χ0) is 22.9. The summed E-state index contributed by atoms with van der Waals surface area (Å²) >= 11 is 0. The van der Waals surface area contributed by atoms with E-state index in [-0.39, 0.29) is 22.3 Å². The number of benzene rings is 2. The van der Waals surface area contributed by atoms with Crippen molar-refractivity contribution < 1.29 is 27.9 Å². The Bertz CT molecular complexity index is 1390. The summed E-state index contributed by atoms with van der Waals surface area (Å²) in [6, 6.07) is 11.8. The van der Waals surface area contributed by atoms with E-state index in [0.717, 1.165) is 17.8 Å². The molecular weight excluding hydrogens is 421 g/mol. The first kappa shape index (κ1) is 21.2. The average molecular weight is 436 g/mol. The maximum Gasteiger partial charge on any atom is 0.417 e. The van der Waals surface area contributed by atoms with Crippen LogP contribution in [0.4, 0.5) is 13.2 Å². The molecule has 0 unspecified atom stereocenters. The van der Waals surface area contributed by atoms with Crippen molar-refractivity contribution in [3.05, 3.63) is 95.3 Å². The number of rotatable bonds is 5. The van der Waals surface area contributed by atoms with Crippen LogP contribution in [0.5, 0.6) is 0 Å². The van der Waals surface area contributed by atoms with Gasteiger partial charge in [-0.05, 0) is 66.6 Å². The molecule has 0 saturated carbocycles. The second-order valence-corrected chi connectivity index (χ2v) is 7.16. The molecule has 2 aromatic heterocycles. The standard InChI is InChI=1S/C24H15F3N2O3/c25-24(26,27)19-11-18-9-15(4-6-21(18)29-13-19)22(30)3-1-2-14-8-17-10-16(23(31)32)5-7-20(17)28-12-14/h1,3-13H,2H2,(H,31,32)/b3-1-. The highest BCUT2D eigenvalue weighted by molar-refractivity contribution is 6.06. The molecule has 0 amide bonds. The highest BCUT2D eigenvalue weighted by atomic mass is 19.4. The first-order valence-corrected chi connectivity index (χ1v) is 9.50. The Balaban J connectivity index is 1.52. The zero-order valence-corrected chi connectivity index (χ0v) is 16.4. The number of carbonyl (C=O) groups is 2. The Hall–Kier alpha value is -4.07. The first-order chi connectivity index (χ1) is 15.2. The molecule has 0 fully saturated rings. The Labute approximate surface area is 179 Å². The van der Waals surface area contributed by atoms with Crippen LogP contribution in [0.2, 0.25) is 0 Å². The lowest BCUT2D eigenvalue weighted by Gasteiger charge is -2.07. The number of aromatic nitrogens is 2. The minimum Gasteiger partial charge on any atom is -0.478 e. The number of halogens is 3. The van der Waals surface area contributed by atoms with Gasteiger partial charge in [0.25, 0.3) is 0 Å². The maximum atomic E-state index is 12.9. The van der Waals surface area contributed by atoms with Crippen LogP contribution in [-0.2, 0) is 12.6 Å². The molecule has 0 aliphatic rings. The summed E-state index contributed by atoms with van der Waals surface area (Å²) < 4.78 is 38.7. The van der Waals surface area contributed by atoms with Gasteiger partial charge in [-0.25, -0.2) is 4.79 Å². The van der Waals surface area contributed by atoms with Gasteiger partial charge in [-0.1, -0.05) is 6.08 Å². The van der Waals surface area contributed by atoms with Gasteiger partial charge in [-0.2, -0.15) is 13.2 Å². The Morgan fingerprint density at radius 3 is 2.19 bits per heavy atom. The van der Waals surface area contributed by atoms with E-state index in [2.05, 4.69) is 9.97 Å². The SMILES string of the molecule is O=C(O)c1ccc2ncc(C/C=C\C(=O)c3ccc4ncc(C(F)(F)F)cc4c3)cc2c1. The number of nitrogens with zero attached hydrogens (tertiary/aromatic N) is 2. The van der Waals surface area contributed by atoms with Gasteiger partial charge in [-0.15, -0.1) is 0 Å². The van der Waals surface area contributed by atoms with Gasteiger partial charge in [-0.3, -0.25) is 14.8 Å². The predicted molar refractivity (Wildman–Crippen MR) is 113 cm³/mol. The lowest BCUT2D eigenvalue weighted by molar-refractivity contribution is -0.137. The molecule has 0 saturated heterocycles. The summed E-state index contributed by atoms with van der Waals surface area (Å²) in [5.74, 6) is -1.39. The van der Waals surface area contributed by atoms with Crippen LogP contribution in [0.15, 0.2) is 73.1 Å². The molecule has 0 atom stereocenters. The number of carbonyl (C=O) groups excluding carboxylic acids is 1. The van der Waals surface area contributed by atoms with E-state index in [1.807, 2.05) is 0 Å². The number of carboxylic acids is 1. The Morgan fingerprint density at radius 1 is 0.875 bits per heavy atom. The van der Waals surface area contributed by atoms with Gasteiger partial charge >= 0.3 is 12.1 Å². The molecule has 8 heteroatoms. The van der Waals surface area contributed by atoms with Crippen LogP contribution in [0.25, 0.3) is 21.8 Å². The van der Waals surface area contributed by atoms with Crippen molar-refractivity contribution in [3.63, 3.8) is 0 Å². The number of alkyl halides is 3. The van der Waals surface area contributed by atoms with Crippen molar-refractivity contribution >= 4 is 33.6 Å². The van der Waals surface area contributed by atoms with Gasteiger partial charge in [0.05, 0.1) is 22.2 Å². The number of aromatic carboxylic acids is 1. The molecule has 0 aliphatic heterocycles. The summed E-state index contributed by atoms with van der Waals surface area (Å²) in [6.07, 6.45) is 1.24. The van der Waals surface area contributed by atoms with E-state index in [1.165, 1.54) is 36.4 Å². The third-order valence-corrected chi connectivity index (χ3v) is 4.90. The van der Waals surface area contributed by atoms with Crippen LogP contribution in [0, 0.1) is 0 Å². The van der Waals surface area contributed by atoms with Crippen molar-refractivity contribution in [1.29, 1.82) is 0 Å². The van der Waals surface area contributed by atoms with Gasteiger partial charge in [0.1, 0.15) is 0 Å². The quantitative estimate of drug-likeness (QED) is 0.331. The summed E-state index contributed by atoms with van der Waals surface area (Å²) in [5, 5.41) is 10.0. The van der Waals surface area contributed by atoms with Gasteiger partial charge in [0.15, 0.2) is 5.78 Å². The molecule has 2 aromatic carbocycles. The number of allylic oxidation sites excluding steroid dienone is 2. The fraction of sp³-hybridized carbons (Fsp3) is 0.0833. The smallest absolute Gasteiger partial charge is 0.417 e. The molecule has 1 N–H and O–H groups in total. The van der Waals surface area contributed by atoms with E-state index in [1.54, 1.807) is 24.4 Å². The highest BCUT2D eigenvalue weighted by Crippen LogP contribution is 2.30. The van der Waals surface area contributed by atoms with Crippen LogP contribution >= 0.6 is 0 Å². The zero-order valence-electron chi connectivity index (χ0n) is 16.4. The molecule has 0 aliphatic carbocycles. The second-order valence-electron chi connectivity index (χ2n) is 7.16. The molecule has 5 nitrogen and oxygen atoms in total. The first-order valence-electron chi connectivity index (χ1n) is 9.50. The number of carboxylic acid groups (broad SMARTS) is 1. The largest absolute Gasteiger partial charge is 0.478 e. The lowest BCUT2D eigenvalue weighted by Crippen LogP contribution is -2.05. The fourth-order valence-corrected chi connectivity index (χ4v) is 3.26. The normalized spacial score (nSPS) is 12.0. The molecule has 32 heavy (non-hydrogen) atoms.